The van der Waals surface area contributed by atoms with Gasteiger partial charge in [-0.05, 0) is 35.7 Å². The summed E-state index contributed by atoms with van der Waals surface area (Å²) < 4.78 is 15.2. The number of halogens is 2. The predicted molar refractivity (Wildman–Crippen MR) is 87.8 cm³/mol. The summed E-state index contributed by atoms with van der Waals surface area (Å²) in [5.74, 6) is 0.114. The molecule has 4 aromatic rings. The van der Waals surface area contributed by atoms with E-state index >= 15 is 0 Å². The van der Waals surface area contributed by atoms with Gasteiger partial charge in [-0.2, -0.15) is 5.26 Å². The predicted octanol–water partition coefficient (Wildman–Crippen LogP) is 4.82. The number of nitriles is 1. The summed E-state index contributed by atoms with van der Waals surface area (Å²) in [6, 6.07) is 17.9. The quantitative estimate of drug-likeness (QED) is 0.504. The molecule has 5 heteroatoms. The van der Waals surface area contributed by atoms with Crippen LogP contribution in [0.15, 0.2) is 54.6 Å². The minimum atomic E-state index is -0.412. The molecule has 0 unspecified atom stereocenters. The number of imidazole rings is 1. The molecule has 2 heterocycles. The van der Waals surface area contributed by atoms with Gasteiger partial charge in [0.2, 0.25) is 0 Å². The molecule has 0 aliphatic heterocycles. The zero-order chi connectivity index (χ0) is 16.0. The minimum absolute atomic E-state index is 0.259. The number of benzene rings is 2. The normalized spacial score (nSPS) is 11.0. The summed E-state index contributed by atoms with van der Waals surface area (Å²) >= 11 is 6.19. The van der Waals surface area contributed by atoms with Crippen molar-refractivity contribution in [3.8, 4) is 17.5 Å². The number of fused-ring (bicyclic) bond motifs is 3. The number of hydrogen-bond donors (Lipinski definition) is 0. The Morgan fingerprint density at radius 2 is 1.87 bits per heavy atom. The molecule has 0 spiro atoms. The Balaban J connectivity index is 2.18. The second-order valence-corrected chi connectivity index (χ2v) is 5.54. The summed E-state index contributed by atoms with van der Waals surface area (Å²) in [5, 5.41) is 10.6. The fraction of sp³-hybridized carbons (Fsp3) is 0. The van der Waals surface area contributed by atoms with Crippen molar-refractivity contribution in [1.82, 2.24) is 9.38 Å². The van der Waals surface area contributed by atoms with Crippen LogP contribution in [0.1, 0.15) is 5.69 Å². The molecule has 0 aliphatic carbocycles. The summed E-state index contributed by atoms with van der Waals surface area (Å²) in [4.78, 5) is 4.41. The van der Waals surface area contributed by atoms with Crippen molar-refractivity contribution >= 4 is 28.0 Å². The van der Waals surface area contributed by atoms with E-state index in [1.807, 2.05) is 40.8 Å². The van der Waals surface area contributed by atoms with Gasteiger partial charge in [0, 0.05) is 5.56 Å². The van der Waals surface area contributed by atoms with Gasteiger partial charge in [0.25, 0.3) is 0 Å². The lowest BCUT2D eigenvalue weighted by Crippen LogP contribution is -1.93. The fourth-order valence-corrected chi connectivity index (χ4v) is 3.02. The standard InChI is InChI=1S/C18H9ClFN3/c19-14-9-12(20)6-7-13(14)18-22-15(10-21)17-8-5-11-3-1-2-4-16(11)23(17)18/h1-9H. The van der Waals surface area contributed by atoms with Gasteiger partial charge in [-0.3, -0.25) is 4.40 Å². The van der Waals surface area contributed by atoms with E-state index in [9.17, 15) is 9.65 Å². The summed E-state index contributed by atoms with van der Waals surface area (Å²) in [6.45, 7) is 0. The van der Waals surface area contributed by atoms with Gasteiger partial charge in [-0.1, -0.05) is 35.9 Å². The zero-order valence-corrected chi connectivity index (χ0v) is 12.5. The number of hydrogen-bond acceptors (Lipinski definition) is 2. The third kappa shape index (κ3) is 2.06. The fourth-order valence-electron chi connectivity index (χ4n) is 2.77. The Labute approximate surface area is 136 Å². The zero-order valence-electron chi connectivity index (χ0n) is 11.8. The Bertz CT molecular complexity index is 1110. The Hall–Kier alpha value is -2.90. The van der Waals surface area contributed by atoms with Crippen LogP contribution in [-0.4, -0.2) is 9.38 Å². The number of pyridine rings is 1. The molecule has 0 amide bonds. The smallest absolute Gasteiger partial charge is 0.166 e. The topological polar surface area (TPSA) is 41.1 Å². The van der Waals surface area contributed by atoms with E-state index in [4.69, 9.17) is 11.6 Å². The van der Waals surface area contributed by atoms with Crippen LogP contribution in [-0.2, 0) is 0 Å². The molecule has 2 aromatic carbocycles. The molecule has 0 radical (unpaired) electrons. The molecule has 0 N–H and O–H groups in total. The van der Waals surface area contributed by atoms with Crippen LogP contribution >= 0.6 is 11.6 Å². The first kappa shape index (κ1) is 13.7. The van der Waals surface area contributed by atoms with E-state index in [1.165, 1.54) is 12.1 Å². The van der Waals surface area contributed by atoms with E-state index in [2.05, 4.69) is 11.1 Å². The molecule has 0 fully saturated rings. The highest BCUT2D eigenvalue weighted by Crippen LogP contribution is 2.32. The summed E-state index contributed by atoms with van der Waals surface area (Å²) in [5.41, 5.74) is 2.50. The highest BCUT2D eigenvalue weighted by Gasteiger charge is 2.17. The Morgan fingerprint density at radius 1 is 1.04 bits per heavy atom. The monoisotopic (exact) mass is 321 g/mol. The lowest BCUT2D eigenvalue weighted by atomic mass is 10.1. The Morgan fingerprint density at radius 3 is 2.65 bits per heavy atom. The molecule has 4 rings (SSSR count). The third-order valence-corrected chi connectivity index (χ3v) is 4.10. The van der Waals surface area contributed by atoms with Crippen LogP contribution in [0.3, 0.4) is 0 Å². The average Bonchev–Trinajstić information content (AvgIpc) is 2.94. The van der Waals surface area contributed by atoms with Crippen LogP contribution in [0.25, 0.3) is 27.8 Å². The second kappa shape index (κ2) is 5.08. The van der Waals surface area contributed by atoms with Crippen LogP contribution in [0.4, 0.5) is 4.39 Å². The largest absolute Gasteiger partial charge is 0.291 e. The third-order valence-electron chi connectivity index (χ3n) is 3.79. The lowest BCUT2D eigenvalue weighted by molar-refractivity contribution is 0.628. The highest BCUT2D eigenvalue weighted by molar-refractivity contribution is 6.33. The summed E-state index contributed by atoms with van der Waals surface area (Å²) in [6.07, 6.45) is 0. The van der Waals surface area contributed by atoms with E-state index in [0.717, 1.165) is 10.9 Å². The molecule has 0 saturated heterocycles. The molecular formula is C18H9ClFN3. The first-order chi connectivity index (χ1) is 11.2. The molecule has 110 valence electrons. The van der Waals surface area contributed by atoms with Crippen LogP contribution < -0.4 is 0 Å². The van der Waals surface area contributed by atoms with Gasteiger partial charge < -0.3 is 0 Å². The molecule has 3 nitrogen and oxygen atoms in total. The molecule has 0 bridgehead atoms. The van der Waals surface area contributed by atoms with Gasteiger partial charge in [-0.15, -0.1) is 0 Å². The lowest BCUT2D eigenvalue weighted by Gasteiger charge is -2.07. The van der Waals surface area contributed by atoms with Crippen molar-refractivity contribution in [1.29, 1.82) is 5.26 Å². The van der Waals surface area contributed by atoms with E-state index in [0.29, 0.717) is 22.6 Å². The maximum Gasteiger partial charge on any atom is 0.166 e. The van der Waals surface area contributed by atoms with Gasteiger partial charge >= 0.3 is 0 Å². The van der Waals surface area contributed by atoms with Gasteiger partial charge in [0.05, 0.1) is 16.1 Å². The van der Waals surface area contributed by atoms with Gasteiger partial charge in [0.1, 0.15) is 17.7 Å². The number of rotatable bonds is 1. The second-order valence-electron chi connectivity index (χ2n) is 5.13. The van der Waals surface area contributed by atoms with Gasteiger partial charge in [0.15, 0.2) is 5.69 Å². The maximum atomic E-state index is 13.3. The SMILES string of the molecule is N#Cc1nc(-c2ccc(F)cc2Cl)n2c1ccc1ccccc12. The van der Waals surface area contributed by atoms with E-state index in [-0.39, 0.29) is 5.02 Å². The van der Waals surface area contributed by atoms with Crippen LogP contribution in [0.5, 0.6) is 0 Å². The first-order valence-corrected chi connectivity index (χ1v) is 7.32. The van der Waals surface area contributed by atoms with E-state index in [1.54, 1.807) is 6.07 Å². The van der Waals surface area contributed by atoms with Crippen LogP contribution in [0.2, 0.25) is 5.02 Å². The van der Waals surface area contributed by atoms with Crippen molar-refractivity contribution in [3.63, 3.8) is 0 Å². The molecule has 2 aromatic heterocycles. The molecular weight excluding hydrogens is 313 g/mol. The van der Waals surface area contributed by atoms with Crippen molar-refractivity contribution in [2.45, 2.75) is 0 Å². The number of aromatic nitrogens is 2. The molecule has 0 atom stereocenters. The first-order valence-electron chi connectivity index (χ1n) is 6.95. The molecule has 0 aliphatic rings. The van der Waals surface area contributed by atoms with Crippen molar-refractivity contribution in [2.75, 3.05) is 0 Å². The molecule has 0 saturated carbocycles. The van der Waals surface area contributed by atoms with Crippen molar-refractivity contribution in [2.24, 2.45) is 0 Å². The maximum absolute atomic E-state index is 13.3. The average molecular weight is 322 g/mol. The summed E-state index contributed by atoms with van der Waals surface area (Å²) in [7, 11) is 0. The number of nitrogens with zero attached hydrogens (tertiary/aromatic N) is 3. The minimum Gasteiger partial charge on any atom is -0.291 e. The highest BCUT2D eigenvalue weighted by atomic mass is 35.5. The molecule has 23 heavy (non-hydrogen) atoms. The van der Waals surface area contributed by atoms with Crippen molar-refractivity contribution < 1.29 is 4.39 Å². The van der Waals surface area contributed by atoms with Crippen molar-refractivity contribution in [3.05, 3.63) is 71.1 Å². The number of para-hydroxylation sites is 1. The van der Waals surface area contributed by atoms with Gasteiger partial charge in [-0.25, -0.2) is 9.37 Å². The Kier molecular flexibility index (Phi) is 3.03. The van der Waals surface area contributed by atoms with Crippen LogP contribution in [0, 0.1) is 17.1 Å². The van der Waals surface area contributed by atoms with E-state index < -0.39 is 5.82 Å².